The molecule has 1 saturated carbocycles. The Morgan fingerprint density at radius 2 is 2.19 bits per heavy atom. The zero-order chi connectivity index (χ0) is 11.0. The summed E-state index contributed by atoms with van der Waals surface area (Å²) in [6.45, 7) is 2.26. The van der Waals surface area contributed by atoms with Gasteiger partial charge in [0, 0.05) is 5.54 Å². The van der Waals surface area contributed by atoms with E-state index >= 15 is 0 Å². The van der Waals surface area contributed by atoms with E-state index in [1.54, 1.807) is 11.3 Å². The molecule has 16 heavy (non-hydrogen) atoms. The average molecular weight is 232 g/mol. The van der Waals surface area contributed by atoms with Crippen molar-refractivity contribution in [3.63, 3.8) is 0 Å². The van der Waals surface area contributed by atoms with Crippen LogP contribution in [0.3, 0.4) is 0 Å². The molecule has 3 heteroatoms. The summed E-state index contributed by atoms with van der Waals surface area (Å²) in [7, 11) is 0. The molecule has 0 spiro atoms. The van der Waals surface area contributed by atoms with Crippen LogP contribution in [0.2, 0.25) is 0 Å². The molecule has 0 atom stereocenters. The summed E-state index contributed by atoms with van der Waals surface area (Å²) in [5, 5.41) is 4.72. The van der Waals surface area contributed by atoms with Crippen LogP contribution in [0.25, 0.3) is 10.2 Å². The Morgan fingerprint density at radius 1 is 1.38 bits per heavy atom. The smallest absolute Gasteiger partial charge is 0.184 e. The lowest BCUT2D eigenvalue weighted by Crippen LogP contribution is -2.44. The van der Waals surface area contributed by atoms with Gasteiger partial charge in [0.1, 0.15) is 0 Å². The minimum atomic E-state index is 0.341. The molecule has 0 aliphatic heterocycles. The molecule has 1 N–H and O–H groups in total. The normalized spacial score (nSPS) is 18.3. The summed E-state index contributed by atoms with van der Waals surface area (Å²) >= 11 is 1.77. The first-order valence-corrected chi connectivity index (χ1v) is 6.77. The number of thiazole rings is 1. The molecule has 2 nitrogen and oxygen atoms in total. The van der Waals surface area contributed by atoms with E-state index < -0.39 is 0 Å². The fraction of sp³-hybridized carbons (Fsp3) is 0.462. The van der Waals surface area contributed by atoms with Crippen molar-refractivity contribution in [3.8, 4) is 0 Å². The van der Waals surface area contributed by atoms with Crippen LogP contribution in [0.15, 0.2) is 24.3 Å². The molecule has 0 radical (unpaired) electrons. The van der Waals surface area contributed by atoms with Gasteiger partial charge in [-0.1, -0.05) is 30.4 Å². The van der Waals surface area contributed by atoms with Crippen LogP contribution in [-0.4, -0.2) is 10.5 Å². The highest BCUT2D eigenvalue weighted by molar-refractivity contribution is 7.22. The molecule has 1 heterocycles. The molecule has 0 amide bonds. The van der Waals surface area contributed by atoms with Crippen LogP contribution >= 0.6 is 11.3 Å². The van der Waals surface area contributed by atoms with Gasteiger partial charge in [0.25, 0.3) is 0 Å². The number of hydrogen-bond acceptors (Lipinski definition) is 3. The lowest BCUT2D eigenvalue weighted by Gasteiger charge is -2.41. The monoisotopic (exact) mass is 232 g/mol. The van der Waals surface area contributed by atoms with E-state index in [0.29, 0.717) is 5.54 Å². The molecular formula is C13H16N2S. The van der Waals surface area contributed by atoms with Gasteiger partial charge in [-0.05, 0) is 37.8 Å². The molecule has 1 aliphatic carbocycles. The highest BCUT2D eigenvalue weighted by atomic mass is 32.1. The lowest BCUT2D eigenvalue weighted by atomic mass is 9.75. The number of anilines is 1. The molecule has 1 aromatic heterocycles. The van der Waals surface area contributed by atoms with E-state index in [9.17, 15) is 0 Å². The van der Waals surface area contributed by atoms with Gasteiger partial charge in [0.05, 0.1) is 10.2 Å². The Kier molecular flexibility index (Phi) is 2.36. The van der Waals surface area contributed by atoms with Gasteiger partial charge in [-0.15, -0.1) is 0 Å². The van der Waals surface area contributed by atoms with E-state index in [1.165, 1.54) is 30.4 Å². The fourth-order valence-corrected chi connectivity index (χ4v) is 3.31. The van der Waals surface area contributed by atoms with Crippen molar-refractivity contribution in [1.82, 2.24) is 4.98 Å². The van der Waals surface area contributed by atoms with Crippen molar-refractivity contribution in [1.29, 1.82) is 0 Å². The number of nitrogens with one attached hydrogen (secondary N) is 1. The standard InChI is InChI=1S/C13H16N2S/c1-2-13(8-5-9-13)15-12-14-10-6-3-4-7-11(10)16-12/h3-4,6-7H,2,5,8-9H2,1H3,(H,14,15). The Balaban J connectivity index is 1.89. The van der Waals surface area contributed by atoms with Crippen molar-refractivity contribution in [3.05, 3.63) is 24.3 Å². The maximum atomic E-state index is 4.63. The zero-order valence-electron chi connectivity index (χ0n) is 9.49. The Bertz CT molecular complexity index is 461. The predicted molar refractivity (Wildman–Crippen MR) is 70.1 cm³/mol. The largest absolute Gasteiger partial charge is 0.356 e. The summed E-state index contributed by atoms with van der Waals surface area (Å²) in [4.78, 5) is 4.63. The van der Waals surface area contributed by atoms with Crippen molar-refractivity contribution in [2.24, 2.45) is 0 Å². The molecule has 0 saturated heterocycles. The molecule has 0 unspecified atom stereocenters. The summed E-state index contributed by atoms with van der Waals surface area (Å²) in [6.07, 6.45) is 5.13. The topological polar surface area (TPSA) is 24.9 Å². The van der Waals surface area contributed by atoms with Gasteiger partial charge in [0.2, 0.25) is 0 Å². The number of aromatic nitrogens is 1. The van der Waals surface area contributed by atoms with Gasteiger partial charge >= 0.3 is 0 Å². The van der Waals surface area contributed by atoms with Crippen LogP contribution < -0.4 is 5.32 Å². The molecular weight excluding hydrogens is 216 g/mol. The predicted octanol–water partition coefficient (Wildman–Crippen LogP) is 4.04. The highest BCUT2D eigenvalue weighted by Crippen LogP contribution is 2.39. The van der Waals surface area contributed by atoms with Crippen LogP contribution in [0, 0.1) is 0 Å². The second-order valence-corrected chi connectivity index (χ2v) is 5.63. The Hall–Kier alpha value is -1.09. The Labute approximate surface area is 99.7 Å². The quantitative estimate of drug-likeness (QED) is 0.863. The van der Waals surface area contributed by atoms with E-state index in [2.05, 4.69) is 35.4 Å². The summed E-state index contributed by atoms with van der Waals surface area (Å²) < 4.78 is 1.27. The minimum Gasteiger partial charge on any atom is -0.356 e. The summed E-state index contributed by atoms with van der Waals surface area (Å²) in [5.41, 5.74) is 1.45. The molecule has 0 bridgehead atoms. The fourth-order valence-electron chi connectivity index (χ4n) is 2.32. The number of benzene rings is 1. The maximum Gasteiger partial charge on any atom is 0.184 e. The average Bonchev–Trinajstić information content (AvgIpc) is 2.65. The van der Waals surface area contributed by atoms with Crippen molar-refractivity contribution in [2.45, 2.75) is 38.1 Å². The SMILES string of the molecule is CCC1(Nc2nc3ccccc3s2)CCC1. The first-order valence-electron chi connectivity index (χ1n) is 5.95. The number of fused-ring (bicyclic) bond motifs is 1. The highest BCUT2D eigenvalue weighted by Gasteiger charge is 2.35. The lowest BCUT2D eigenvalue weighted by molar-refractivity contribution is 0.269. The van der Waals surface area contributed by atoms with Gasteiger partial charge in [-0.25, -0.2) is 4.98 Å². The number of rotatable bonds is 3. The molecule has 1 fully saturated rings. The third kappa shape index (κ3) is 1.59. The number of nitrogens with zero attached hydrogens (tertiary/aromatic N) is 1. The summed E-state index contributed by atoms with van der Waals surface area (Å²) in [6, 6.07) is 8.34. The number of para-hydroxylation sites is 1. The number of hydrogen-bond donors (Lipinski definition) is 1. The zero-order valence-corrected chi connectivity index (χ0v) is 10.3. The minimum absolute atomic E-state index is 0.341. The molecule has 2 aromatic rings. The second-order valence-electron chi connectivity index (χ2n) is 4.60. The van der Waals surface area contributed by atoms with Crippen molar-refractivity contribution in [2.75, 3.05) is 5.32 Å². The van der Waals surface area contributed by atoms with Crippen LogP contribution in [-0.2, 0) is 0 Å². The third-order valence-electron chi connectivity index (χ3n) is 3.65. The Morgan fingerprint density at radius 3 is 2.81 bits per heavy atom. The van der Waals surface area contributed by atoms with Gasteiger partial charge in [0.15, 0.2) is 5.13 Å². The van der Waals surface area contributed by atoms with Gasteiger partial charge < -0.3 is 5.32 Å². The molecule has 3 rings (SSSR count). The van der Waals surface area contributed by atoms with Crippen molar-refractivity contribution >= 4 is 26.7 Å². The van der Waals surface area contributed by atoms with E-state index in [4.69, 9.17) is 0 Å². The van der Waals surface area contributed by atoms with Crippen LogP contribution in [0.4, 0.5) is 5.13 Å². The van der Waals surface area contributed by atoms with Crippen molar-refractivity contribution < 1.29 is 0 Å². The molecule has 1 aromatic carbocycles. The first-order chi connectivity index (χ1) is 7.81. The van der Waals surface area contributed by atoms with Gasteiger partial charge in [-0.2, -0.15) is 0 Å². The molecule has 84 valence electrons. The van der Waals surface area contributed by atoms with E-state index in [-0.39, 0.29) is 0 Å². The van der Waals surface area contributed by atoms with Crippen LogP contribution in [0.5, 0.6) is 0 Å². The first kappa shape index (κ1) is 10.1. The van der Waals surface area contributed by atoms with E-state index in [0.717, 1.165) is 10.6 Å². The van der Waals surface area contributed by atoms with Crippen LogP contribution in [0.1, 0.15) is 32.6 Å². The third-order valence-corrected chi connectivity index (χ3v) is 4.61. The second kappa shape index (κ2) is 3.74. The van der Waals surface area contributed by atoms with E-state index in [1.807, 2.05) is 6.07 Å². The summed E-state index contributed by atoms with van der Waals surface area (Å²) in [5.74, 6) is 0. The van der Waals surface area contributed by atoms with Gasteiger partial charge in [-0.3, -0.25) is 0 Å². The maximum absolute atomic E-state index is 4.63. The molecule has 1 aliphatic rings.